The lowest BCUT2D eigenvalue weighted by Crippen LogP contribution is -2.16. The maximum absolute atomic E-state index is 12.3. The zero-order chi connectivity index (χ0) is 13.7. The first-order chi connectivity index (χ1) is 8.45. The molecule has 0 unspecified atom stereocenters. The van der Waals surface area contributed by atoms with Gasteiger partial charge in [0.1, 0.15) is 0 Å². The molecule has 18 heavy (non-hydrogen) atoms. The number of hydrogen-bond acceptors (Lipinski definition) is 1. The minimum atomic E-state index is -1.51. The van der Waals surface area contributed by atoms with E-state index in [1.165, 1.54) is 19.3 Å². The Morgan fingerprint density at radius 2 is 1.67 bits per heavy atom. The van der Waals surface area contributed by atoms with E-state index in [9.17, 15) is 13.2 Å². The molecule has 1 N–H and O–H groups in total. The Labute approximate surface area is 106 Å². The summed E-state index contributed by atoms with van der Waals surface area (Å²) < 4.78 is 36.8. The van der Waals surface area contributed by atoms with Crippen LogP contribution in [-0.4, -0.2) is 5.11 Å². The van der Waals surface area contributed by atoms with Gasteiger partial charge in [0.05, 0.1) is 6.61 Å². The standard InChI is InChI=1S/C7H5F3O.C7H14/c8-5-1-4(3-11)2-6(9)7(5)10;1-6(2)7-4-3-5-7/h1-2,11H,3H2;6-7H,3-5H2,1-2H3. The molecule has 1 aromatic rings. The van der Waals surface area contributed by atoms with Crippen molar-refractivity contribution in [2.45, 2.75) is 39.7 Å². The summed E-state index contributed by atoms with van der Waals surface area (Å²) >= 11 is 0. The highest BCUT2D eigenvalue weighted by Gasteiger charge is 2.19. The van der Waals surface area contributed by atoms with E-state index in [-0.39, 0.29) is 5.56 Å². The van der Waals surface area contributed by atoms with Gasteiger partial charge in [-0.3, -0.25) is 0 Å². The van der Waals surface area contributed by atoms with E-state index < -0.39 is 24.1 Å². The Morgan fingerprint density at radius 1 is 1.17 bits per heavy atom. The number of hydrogen-bond donors (Lipinski definition) is 1. The van der Waals surface area contributed by atoms with Gasteiger partial charge in [-0.2, -0.15) is 0 Å². The molecule has 4 heteroatoms. The van der Waals surface area contributed by atoms with Gasteiger partial charge >= 0.3 is 0 Å². The van der Waals surface area contributed by atoms with Gasteiger partial charge < -0.3 is 5.11 Å². The van der Waals surface area contributed by atoms with Crippen LogP contribution in [0.15, 0.2) is 12.1 Å². The van der Waals surface area contributed by atoms with Gasteiger partial charge in [0.2, 0.25) is 0 Å². The van der Waals surface area contributed by atoms with E-state index in [1.54, 1.807) is 0 Å². The lowest BCUT2D eigenvalue weighted by molar-refractivity contribution is 0.235. The summed E-state index contributed by atoms with van der Waals surface area (Å²) in [5.41, 5.74) is 0.0152. The van der Waals surface area contributed by atoms with E-state index in [0.717, 1.165) is 24.0 Å². The molecule has 0 aromatic heterocycles. The monoisotopic (exact) mass is 260 g/mol. The van der Waals surface area contributed by atoms with Gasteiger partial charge in [-0.1, -0.05) is 33.1 Å². The molecule has 1 aliphatic carbocycles. The molecule has 0 saturated heterocycles. The first kappa shape index (κ1) is 15.0. The van der Waals surface area contributed by atoms with Crippen LogP contribution in [0.3, 0.4) is 0 Å². The summed E-state index contributed by atoms with van der Waals surface area (Å²) in [6, 6.07) is 1.50. The minimum Gasteiger partial charge on any atom is -0.392 e. The molecule has 1 nitrogen and oxygen atoms in total. The molecular formula is C14H19F3O. The smallest absolute Gasteiger partial charge is 0.194 e. The lowest BCUT2D eigenvalue weighted by atomic mass is 9.78. The van der Waals surface area contributed by atoms with Crippen molar-refractivity contribution in [3.05, 3.63) is 35.1 Å². The second-order valence-corrected chi connectivity index (χ2v) is 4.97. The molecular weight excluding hydrogens is 241 g/mol. The minimum absolute atomic E-state index is 0.0152. The largest absolute Gasteiger partial charge is 0.392 e. The van der Waals surface area contributed by atoms with Gasteiger partial charge in [0.15, 0.2) is 17.5 Å². The highest BCUT2D eigenvalue weighted by Crippen LogP contribution is 2.32. The Morgan fingerprint density at radius 3 is 1.89 bits per heavy atom. The molecule has 1 aromatic carbocycles. The number of aliphatic hydroxyl groups is 1. The van der Waals surface area contributed by atoms with Crippen molar-refractivity contribution in [2.24, 2.45) is 11.8 Å². The highest BCUT2D eigenvalue weighted by molar-refractivity contribution is 5.18. The zero-order valence-corrected chi connectivity index (χ0v) is 10.7. The fourth-order valence-electron chi connectivity index (χ4n) is 1.81. The van der Waals surface area contributed by atoms with Gasteiger partial charge in [-0.15, -0.1) is 0 Å². The number of halogens is 3. The first-order valence-electron chi connectivity index (χ1n) is 6.20. The number of aliphatic hydroxyl groups excluding tert-OH is 1. The van der Waals surface area contributed by atoms with Crippen LogP contribution in [0, 0.1) is 29.3 Å². The SMILES string of the molecule is CC(C)C1CCC1.OCc1cc(F)c(F)c(F)c1. The Bertz CT molecular complexity index is 364. The molecule has 0 bridgehead atoms. The molecule has 0 aliphatic heterocycles. The van der Waals surface area contributed by atoms with Crippen LogP contribution in [0.4, 0.5) is 13.2 Å². The van der Waals surface area contributed by atoms with E-state index in [4.69, 9.17) is 5.11 Å². The van der Waals surface area contributed by atoms with Crippen molar-refractivity contribution < 1.29 is 18.3 Å². The quantitative estimate of drug-likeness (QED) is 0.796. The molecule has 1 aliphatic rings. The summed E-state index contributed by atoms with van der Waals surface area (Å²) in [4.78, 5) is 0. The summed E-state index contributed by atoms with van der Waals surface area (Å²) in [6.07, 6.45) is 4.48. The number of benzene rings is 1. The van der Waals surface area contributed by atoms with Crippen molar-refractivity contribution in [3.63, 3.8) is 0 Å². The second-order valence-electron chi connectivity index (χ2n) is 4.97. The third-order valence-corrected chi connectivity index (χ3v) is 3.32. The summed E-state index contributed by atoms with van der Waals surface area (Å²) in [5, 5.41) is 8.42. The van der Waals surface area contributed by atoms with Crippen molar-refractivity contribution >= 4 is 0 Å². The van der Waals surface area contributed by atoms with Crippen LogP contribution >= 0.6 is 0 Å². The maximum Gasteiger partial charge on any atom is 0.194 e. The molecule has 0 radical (unpaired) electrons. The zero-order valence-electron chi connectivity index (χ0n) is 10.7. The third kappa shape index (κ3) is 4.02. The molecule has 0 amide bonds. The highest BCUT2D eigenvalue weighted by atomic mass is 19.2. The molecule has 0 spiro atoms. The Balaban J connectivity index is 0.000000199. The summed E-state index contributed by atoms with van der Waals surface area (Å²) in [7, 11) is 0. The van der Waals surface area contributed by atoms with Crippen LogP contribution in [0.2, 0.25) is 0 Å². The van der Waals surface area contributed by atoms with Crippen molar-refractivity contribution in [1.82, 2.24) is 0 Å². The second kappa shape index (κ2) is 6.78. The van der Waals surface area contributed by atoms with Crippen molar-refractivity contribution in [1.29, 1.82) is 0 Å². The van der Waals surface area contributed by atoms with E-state index in [1.807, 2.05) is 0 Å². The Hall–Kier alpha value is -1.03. The average molecular weight is 260 g/mol. The lowest BCUT2D eigenvalue weighted by Gasteiger charge is -2.28. The predicted octanol–water partition coefficient (Wildman–Crippen LogP) is 4.04. The van der Waals surface area contributed by atoms with Gasteiger partial charge in [0, 0.05) is 0 Å². The molecule has 2 rings (SSSR count). The van der Waals surface area contributed by atoms with E-state index >= 15 is 0 Å². The topological polar surface area (TPSA) is 20.2 Å². The normalized spacial score (nSPS) is 15.1. The van der Waals surface area contributed by atoms with Crippen molar-refractivity contribution in [2.75, 3.05) is 0 Å². The van der Waals surface area contributed by atoms with Crippen LogP contribution < -0.4 is 0 Å². The third-order valence-electron chi connectivity index (χ3n) is 3.32. The molecule has 1 saturated carbocycles. The maximum atomic E-state index is 12.3. The fourth-order valence-corrected chi connectivity index (χ4v) is 1.81. The predicted molar refractivity (Wildman–Crippen MR) is 64.4 cm³/mol. The number of rotatable bonds is 2. The summed E-state index contributed by atoms with van der Waals surface area (Å²) in [6.45, 7) is 4.14. The fraction of sp³-hybridized carbons (Fsp3) is 0.571. The summed E-state index contributed by atoms with van der Waals surface area (Å²) in [5.74, 6) is -2.04. The molecule has 0 heterocycles. The van der Waals surface area contributed by atoms with Crippen LogP contribution in [-0.2, 0) is 6.61 Å². The van der Waals surface area contributed by atoms with Crippen LogP contribution in [0.25, 0.3) is 0 Å². The van der Waals surface area contributed by atoms with Crippen LogP contribution in [0.1, 0.15) is 38.7 Å². The Kier molecular flexibility index (Phi) is 5.66. The molecule has 1 fully saturated rings. The molecule has 102 valence electrons. The van der Waals surface area contributed by atoms with Gasteiger partial charge in [-0.05, 0) is 29.5 Å². The van der Waals surface area contributed by atoms with Crippen LogP contribution in [0.5, 0.6) is 0 Å². The molecule has 0 atom stereocenters. The first-order valence-corrected chi connectivity index (χ1v) is 6.20. The van der Waals surface area contributed by atoms with Crippen molar-refractivity contribution in [3.8, 4) is 0 Å². The average Bonchev–Trinajstić information content (AvgIpc) is 2.22. The van der Waals surface area contributed by atoms with E-state index in [0.29, 0.717) is 0 Å². The van der Waals surface area contributed by atoms with E-state index in [2.05, 4.69) is 13.8 Å². The van der Waals surface area contributed by atoms with Gasteiger partial charge in [0.25, 0.3) is 0 Å². The van der Waals surface area contributed by atoms with Gasteiger partial charge in [-0.25, -0.2) is 13.2 Å².